The summed E-state index contributed by atoms with van der Waals surface area (Å²) in [4.78, 5) is 18.0. The van der Waals surface area contributed by atoms with Crippen molar-refractivity contribution >= 4 is 33.9 Å². The van der Waals surface area contributed by atoms with Crippen molar-refractivity contribution in [3.05, 3.63) is 99.3 Å². The van der Waals surface area contributed by atoms with Gasteiger partial charge in [-0.15, -0.1) is 0 Å². The Morgan fingerprint density at radius 1 is 0.972 bits per heavy atom. The number of anilines is 1. The lowest BCUT2D eigenvalue weighted by atomic mass is 10.1. The summed E-state index contributed by atoms with van der Waals surface area (Å²) in [7, 11) is 1.65. The van der Waals surface area contributed by atoms with Crippen LogP contribution in [0.25, 0.3) is 10.9 Å². The minimum absolute atomic E-state index is 0.138. The van der Waals surface area contributed by atoms with E-state index in [0.717, 1.165) is 39.2 Å². The van der Waals surface area contributed by atoms with Gasteiger partial charge in [-0.05, 0) is 86.6 Å². The Morgan fingerprint density at radius 2 is 1.72 bits per heavy atom. The number of hydrogen-bond donors (Lipinski definition) is 2. The van der Waals surface area contributed by atoms with Crippen molar-refractivity contribution in [2.45, 2.75) is 33.9 Å². The number of aryl methyl sites for hydroxylation is 2. The maximum atomic E-state index is 13.0. The van der Waals surface area contributed by atoms with Gasteiger partial charge >= 0.3 is 0 Å². The largest absolute Gasteiger partial charge is 0.497 e. The van der Waals surface area contributed by atoms with E-state index in [0.29, 0.717) is 30.4 Å². The maximum absolute atomic E-state index is 13.0. The fraction of sp³-hybridized carbons (Fsp3) is 0.241. The Labute approximate surface area is 216 Å². The van der Waals surface area contributed by atoms with Crippen molar-refractivity contribution in [1.82, 2.24) is 9.88 Å². The number of nitrogens with one attached hydrogen (secondary N) is 2. The predicted octanol–water partition coefficient (Wildman–Crippen LogP) is 5.95. The van der Waals surface area contributed by atoms with Crippen molar-refractivity contribution < 1.29 is 9.47 Å². The standard InChI is InChI=1S/C29H31N3O3S/c1-5-35-25-11-13-27-22(16-25)15-23(28(33)30-27)18-32(17-21-7-9-24(34-4)10-8-21)29(36)31-26-12-6-19(2)14-20(26)3/h6-16H,5,17-18H2,1-4H3,(H,30,33)(H,31,36). The second-order valence-electron chi connectivity index (χ2n) is 8.76. The van der Waals surface area contributed by atoms with E-state index >= 15 is 0 Å². The van der Waals surface area contributed by atoms with Gasteiger partial charge in [0.15, 0.2) is 5.11 Å². The van der Waals surface area contributed by atoms with E-state index in [1.165, 1.54) is 5.56 Å². The maximum Gasteiger partial charge on any atom is 0.253 e. The van der Waals surface area contributed by atoms with Crippen LogP contribution in [0.5, 0.6) is 11.5 Å². The third kappa shape index (κ3) is 6.04. The van der Waals surface area contributed by atoms with Crippen LogP contribution < -0.4 is 20.3 Å². The Hall–Kier alpha value is -3.84. The van der Waals surface area contributed by atoms with Gasteiger partial charge in [0.05, 0.1) is 20.3 Å². The average molecular weight is 502 g/mol. The van der Waals surface area contributed by atoms with Crippen molar-refractivity contribution in [2.75, 3.05) is 19.0 Å². The first kappa shape index (κ1) is 25.3. The number of methoxy groups -OCH3 is 1. The molecule has 0 fully saturated rings. The van der Waals surface area contributed by atoms with Gasteiger partial charge in [-0.2, -0.15) is 0 Å². The topological polar surface area (TPSA) is 66.6 Å². The van der Waals surface area contributed by atoms with E-state index in [1.807, 2.05) is 66.4 Å². The molecule has 7 heteroatoms. The number of pyridine rings is 1. The molecule has 4 aromatic rings. The second kappa shape index (κ2) is 11.3. The van der Waals surface area contributed by atoms with Crippen LogP contribution in [0.2, 0.25) is 0 Å². The molecule has 0 unspecified atom stereocenters. The molecule has 6 nitrogen and oxygen atoms in total. The van der Waals surface area contributed by atoms with Crippen LogP contribution in [0.3, 0.4) is 0 Å². The fourth-order valence-corrected chi connectivity index (χ4v) is 4.35. The van der Waals surface area contributed by atoms with Gasteiger partial charge in [0.2, 0.25) is 0 Å². The summed E-state index contributed by atoms with van der Waals surface area (Å²) >= 11 is 5.85. The summed E-state index contributed by atoms with van der Waals surface area (Å²) in [6.07, 6.45) is 0. The van der Waals surface area contributed by atoms with Crippen molar-refractivity contribution in [3.8, 4) is 11.5 Å². The number of ether oxygens (including phenoxy) is 2. The Bertz CT molecular complexity index is 1430. The Kier molecular flexibility index (Phi) is 7.90. The van der Waals surface area contributed by atoms with Gasteiger partial charge in [0, 0.05) is 28.7 Å². The average Bonchev–Trinajstić information content (AvgIpc) is 2.86. The quantitative estimate of drug-likeness (QED) is 0.291. The third-order valence-electron chi connectivity index (χ3n) is 6.01. The highest BCUT2D eigenvalue weighted by molar-refractivity contribution is 7.80. The number of thiocarbonyl (C=S) groups is 1. The van der Waals surface area contributed by atoms with Gasteiger partial charge < -0.3 is 24.7 Å². The molecule has 1 aromatic heterocycles. The highest BCUT2D eigenvalue weighted by atomic mass is 32.1. The number of benzene rings is 3. The minimum atomic E-state index is -0.138. The summed E-state index contributed by atoms with van der Waals surface area (Å²) in [5.74, 6) is 1.56. The molecule has 0 saturated heterocycles. The van der Waals surface area contributed by atoms with Crippen molar-refractivity contribution in [3.63, 3.8) is 0 Å². The van der Waals surface area contributed by atoms with Gasteiger partial charge in [-0.25, -0.2) is 0 Å². The summed E-state index contributed by atoms with van der Waals surface area (Å²) in [6, 6.07) is 21.6. The zero-order valence-electron chi connectivity index (χ0n) is 21.1. The van der Waals surface area contributed by atoms with E-state index in [-0.39, 0.29) is 5.56 Å². The number of fused-ring (bicyclic) bond motifs is 1. The smallest absolute Gasteiger partial charge is 0.253 e. The van der Waals surface area contributed by atoms with Gasteiger partial charge in [-0.3, -0.25) is 4.79 Å². The Balaban J connectivity index is 1.66. The highest BCUT2D eigenvalue weighted by Gasteiger charge is 2.16. The van der Waals surface area contributed by atoms with Crippen molar-refractivity contribution in [1.29, 1.82) is 0 Å². The molecule has 0 aliphatic rings. The zero-order chi connectivity index (χ0) is 25.7. The lowest BCUT2D eigenvalue weighted by Crippen LogP contribution is -2.35. The first-order valence-electron chi connectivity index (χ1n) is 11.9. The first-order valence-corrected chi connectivity index (χ1v) is 12.3. The molecular weight excluding hydrogens is 470 g/mol. The van der Waals surface area contributed by atoms with Crippen molar-refractivity contribution in [2.24, 2.45) is 0 Å². The van der Waals surface area contributed by atoms with E-state index < -0.39 is 0 Å². The molecule has 0 saturated carbocycles. The molecule has 0 amide bonds. The van der Waals surface area contributed by atoms with Crippen LogP contribution in [-0.4, -0.2) is 28.7 Å². The molecule has 4 rings (SSSR count). The van der Waals surface area contributed by atoms with Gasteiger partial charge in [-0.1, -0.05) is 29.8 Å². The van der Waals surface area contributed by atoms with Crippen LogP contribution in [0.1, 0.15) is 29.2 Å². The molecule has 36 heavy (non-hydrogen) atoms. The normalized spacial score (nSPS) is 10.8. The van der Waals surface area contributed by atoms with Crippen LogP contribution in [0.15, 0.2) is 71.5 Å². The van der Waals surface area contributed by atoms with Gasteiger partial charge in [0.1, 0.15) is 11.5 Å². The number of H-pyrrole nitrogens is 1. The SMILES string of the molecule is CCOc1ccc2[nH]c(=O)c(CN(Cc3ccc(OC)cc3)C(=S)Nc3ccc(C)cc3C)cc2c1. The summed E-state index contributed by atoms with van der Waals surface area (Å²) < 4.78 is 10.9. The lowest BCUT2D eigenvalue weighted by molar-refractivity contribution is 0.340. The monoisotopic (exact) mass is 501 g/mol. The van der Waals surface area contributed by atoms with E-state index in [9.17, 15) is 4.79 Å². The second-order valence-corrected chi connectivity index (χ2v) is 9.15. The van der Waals surface area contributed by atoms with E-state index in [1.54, 1.807) is 7.11 Å². The van der Waals surface area contributed by atoms with Gasteiger partial charge in [0.25, 0.3) is 5.56 Å². The lowest BCUT2D eigenvalue weighted by Gasteiger charge is -2.27. The molecule has 0 atom stereocenters. The van der Waals surface area contributed by atoms with Crippen LogP contribution >= 0.6 is 12.2 Å². The molecule has 0 spiro atoms. The molecule has 1 heterocycles. The van der Waals surface area contributed by atoms with Crippen LogP contribution in [-0.2, 0) is 13.1 Å². The minimum Gasteiger partial charge on any atom is -0.497 e. The fourth-order valence-electron chi connectivity index (χ4n) is 4.11. The molecule has 3 aromatic carbocycles. The number of aromatic nitrogens is 1. The van der Waals surface area contributed by atoms with Crippen LogP contribution in [0, 0.1) is 13.8 Å². The summed E-state index contributed by atoms with van der Waals surface area (Å²) in [5.41, 5.74) is 5.54. The number of rotatable bonds is 8. The molecule has 0 bridgehead atoms. The molecule has 0 aliphatic carbocycles. The molecule has 2 N–H and O–H groups in total. The van der Waals surface area contributed by atoms with E-state index in [2.05, 4.69) is 36.3 Å². The van der Waals surface area contributed by atoms with Crippen LogP contribution in [0.4, 0.5) is 5.69 Å². The molecule has 186 valence electrons. The Morgan fingerprint density at radius 3 is 2.42 bits per heavy atom. The predicted molar refractivity (Wildman–Crippen MR) is 150 cm³/mol. The number of aromatic amines is 1. The first-order chi connectivity index (χ1) is 17.4. The number of hydrogen-bond acceptors (Lipinski definition) is 4. The summed E-state index contributed by atoms with van der Waals surface area (Å²) in [5, 5.41) is 4.84. The third-order valence-corrected chi connectivity index (χ3v) is 6.37. The van der Waals surface area contributed by atoms with E-state index in [4.69, 9.17) is 21.7 Å². The number of nitrogens with zero attached hydrogens (tertiary/aromatic N) is 1. The zero-order valence-corrected chi connectivity index (χ0v) is 21.9. The summed E-state index contributed by atoms with van der Waals surface area (Å²) in [6.45, 7) is 7.51. The molecular formula is C29H31N3O3S. The highest BCUT2D eigenvalue weighted by Crippen LogP contribution is 2.22. The molecule has 0 aliphatic heterocycles. The molecule has 0 radical (unpaired) electrons.